The van der Waals surface area contributed by atoms with Crippen LogP contribution in [0.4, 0.5) is 0 Å². The van der Waals surface area contributed by atoms with Crippen LogP contribution >= 0.6 is 15.9 Å². The van der Waals surface area contributed by atoms with Gasteiger partial charge in [0.05, 0.1) is 4.90 Å². The number of carbonyl (C=O) groups is 1. The van der Waals surface area contributed by atoms with Crippen molar-refractivity contribution < 1.29 is 18.3 Å². The van der Waals surface area contributed by atoms with Crippen molar-refractivity contribution in [1.82, 2.24) is 4.72 Å². The summed E-state index contributed by atoms with van der Waals surface area (Å²) in [6, 6.07) is 4.63. The summed E-state index contributed by atoms with van der Waals surface area (Å²) < 4.78 is 27.2. The summed E-state index contributed by atoms with van der Waals surface area (Å²) in [5.41, 5.74) is 10.3. The van der Waals surface area contributed by atoms with Crippen molar-refractivity contribution in [3.05, 3.63) is 28.7 Å². The lowest BCUT2D eigenvalue weighted by molar-refractivity contribution is -0.139. The number of nitrogens with one attached hydrogen (secondary N) is 1. The van der Waals surface area contributed by atoms with E-state index >= 15 is 0 Å². The first-order chi connectivity index (χ1) is 10.2. The molecule has 6 N–H and O–H groups in total. The molecule has 0 aromatic heterocycles. The lowest BCUT2D eigenvalue weighted by Gasteiger charge is -2.14. The van der Waals surface area contributed by atoms with Crippen molar-refractivity contribution in [3.63, 3.8) is 0 Å². The number of hydrogen-bond donors (Lipinski definition) is 4. The second kappa shape index (κ2) is 8.11. The maximum Gasteiger partial charge on any atom is 0.321 e. The van der Waals surface area contributed by atoms with Gasteiger partial charge in [-0.3, -0.25) is 9.79 Å². The number of carboxylic acids is 1. The van der Waals surface area contributed by atoms with Gasteiger partial charge in [-0.25, -0.2) is 8.42 Å². The summed E-state index contributed by atoms with van der Waals surface area (Å²) in [5, 5.41) is 9.12. The van der Waals surface area contributed by atoms with Crippen LogP contribution in [0.1, 0.15) is 12.8 Å². The molecule has 0 spiro atoms. The summed E-state index contributed by atoms with van der Waals surface area (Å²) >= 11 is 3.20. The van der Waals surface area contributed by atoms with E-state index in [2.05, 4.69) is 25.6 Å². The van der Waals surface area contributed by atoms with E-state index in [1.165, 1.54) is 12.1 Å². The number of nitrogens with zero attached hydrogens (tertiary/aromatic N) is 1. The molecule has 22 heavy (non-hydrogen) atoms. The number of halogens is 1. The molecule has 1 aromatic rings. The first-order valence-electron chi connectivity index (χ1n) is 6.28. The largest absolute Gasteiger partial charge is 0.480 e. The molecule has 0 aliphatic rings. The highest BCUT2D eigenvalue weighted by Gasteiger charge is 2.24. The molecule has 8 nitrogen and oxygen atoms in total. The van der Waals surface area contributed by atoms with Crippen LogP contribution in [0.25, 0.3) is 0 Å². The number of aliphatic imine (C=N–C) groups is 1. The third kappa shape index (κ3) is 6.00. The van der Waals surface area contributed by atoms with Crippen molar-refractivity contribution in [1.29, 1.82) is 0 Å². The Morgan fingerprint density at radius 3 is 2.41 bits per heavy atom. The monoisotopic (exact) mass is 392 g/mol. The number of carboxylic acid groups (broad SMARTS) is 1. The van der Waals surface area contributed by atoms with Gasteiger partial charge in [0.2, 0.25) is 10.0 Å². The van der Waals surface area contributed by atoms with E-state index in [0.717, 1.165) is 4.47 Å². The Hall–Kier alpha value is -1.65. The van der Waals surface area contributed by atoms with E-state index in [0.29, 0.717) is 6.42 Å². The maximum absolute atomic E-state index is 12.1. The third-order valence-electron chi connectivity index (χ3n) is 2.66. The average Bonchev–Trinajstić information content (AvgIpc) is 2.42. The van der Waals surface area contributed by atoms with Crippen LogP contribution in [0.3, 0.4) is 0 Å². The number of aliphatic carboxylic acids is 1. The fourth-order valence-corrected chi connectivity index (χ4v) is 3.09. The zero-order valence-corrected chi connectivity index (χ0v) is 14.0. The van der Waals surface area contributed by atoms with Crippen LogP contribution in [0.2, 0.25) is 0 Å². The number of sulfonamides is 1. The summed E-state index contributed by atoms with van der Waals surface area (Å²) in [6.45, 7) is 0.228. The van der Waals surface area contributed by atoms with E-state index in [1.54, 1.807) is 12.1 Å². The minimum atomic E-state index is -3.91. The topological polar surface area (TPSA) is 148 Å². The summed E-state index contributed by atoms with van der Waals surface area (Å²) in [6.07, 6.45) is 0.402. The highest BCUT2D eigenvalue weighted by molar-refractivity contribution is 9.10. The SMILES string of the molecule is NC(N)=NCCC[C@H](NS(=O)(=O)c1ccc(Br)cc1)C(=O)O. The smallest absolute Gasteiger partial charge is 0.321 e. The minimum absolute atomic E-state index is 0.00817. The fraction of sp³-hybridized carbons (Fsp3) is 0.333. The molecule has 10 heteroatoms. The van der Waals surface area contributed by atoms with Gasteiger partial charge in [0.25, 0.3) is 0 Å². The Bertz CT molecular complexity index is 642. The highest BCUT2D eigenvalue weighted by atomic mass is 79.9. The van der Waals surface area contributed by atoms with Crippen molar-refractivity contribution in [2.24, 2.45) is 16.5 Å². The Morgan fingerprint density at radius 1 is 1.32 bits per heavy atom. The standard InChI is InChI=1S/C12H17BrN4O4S/c13-8-3-5-9(6-4-8)22(20,21)17-10(11(18)19)2-1-7-16-12(14)15/h3-6,10,17H,1-2,7H2,(H,18,19)(H4,14,15,16)/t10-/m0/s1. The second-order valence-electron chi connectivity index (χ2n) is 4.41. The molecular weight excluding hydrogens is 376 g/mol. The Morgan fingerprint density at radius 2 is 1.91 bits per heavy atom. The van der Waals surface area contributed by atoms with Gasteiger partial charge in [-0.2, -0.15) is 4.72 Å². The van der Waals surface area contributed by atoms with Crippen molar-refractivity contribution in [2.45, 2.75) is 23.8 Å². The molecule has 0 fully saturated rings. The Labute approximate surface area is 136 Å². The average molecular weight is 393 g/mol. The molecule has 0 aliphatic heterocycles. The van der Waals surface area contributed by atoms with E-state index < -0.39 is 22.0 Å². The number of hydrogen-bond acceptors (Lipinski definition) is 4. The quantitative estimate of drug-likeness (QED) is 0.282. The normalized spacial score (nSPS) is 12.6. The van der Waals surface area contributed by atoms with Gasteiger partial charge < -0.3 is 16.6 Å². The van der Waals surface area contributed by atoms with Crippen LogP contribution in [0, 0.1) is 0 Å². The molecule has 1 atom stereocenters. The molecule has 0 radical (unpaired) electrons. The van der Waals surface area contributed by atoms with Gasteiger partial charge in [0.1, 0.15) is 6.04 Å². The van der Waals surface area contributed by atoms with Gasteiger partial charge in [-0.1, -0.05) is 15.9 Å². The molecule has 0 saturated heterocycles. The number of guanidine groups is 1. The highest BCUT2D eigenvalue weighted by Crippen LogP contribution is 2.15. The number of rotatable bonds is 8. The maximum atomic E-state index is 12.1. The van der Waals surface area contributed by atoms with Crippen LogP contribution in [0.5, 0.6) is 0 Å². The summed E-state index contributed by atoms with van der Waals surface area (Å²) in [7, 11) is -3.91. The lowest BCUT2D eigenvalue weighted by Crippen LogP contribution is -2.40. The molecule has 0 unspecified atom stereocenters. The molecule has 1 aromatic carbocycles. The van der Waals surface area contributed by atoms with Crippen LogP contribution in [0.15, 0.2) is 38.6 Å². The molecule has 0 aliphatic carbocycles. The Balaban J connectivity index is 2.75. The molecule has 122 valence electrons. The van der Waals surface area contributed by atoms with Gasteiger partial charge in [0.15, 0.2) is 5.96 Å². The van der Waals surface area contributed by atoms with Crippen molar-refractivity contribution in [2.75, 3.05) is 6.54 Å². The van der Waals surface area contributed by atoms with E-state index in [9.17, 15) is 13.2 Å². The van der Waals surface area contributed by atoms with Gasteiger partial charge >= 0.3 is 5.97 Å². The predicted molar refractivity (Wildman–Crippen MR) is 85.8 cm³/mol. The molecule has 0 amide bonds. The molecule has 0 heterocycles. The lowest BCUT2D eigenvalue weighted by atomic mass is 10.2. The van der Waals surface area contributed by atoms with E-state index in [4.69, 9.17) is 16.6 Å². The first-order valence-corrected chi connectivity index (χ1v) is 8.56. The number of nitrogens with two attached hydrogens (primary N) is 2. The first kappa shape index (κ1) is 18.4. The molecular formula is C12H17BrN4O4S. The fourth-order valence-electron chi connectivity index (χ4n) is 1.61. The minimum Gasteiger partial charge on any atom is -0.480 e. The van der Waals surface area contributed by atoms with Crippen LogP contribution in [-0.4, -0.2) is 38.0 Å². The molecule has 1 rings (SSSR count). The third-order valence-corrected chi connectivity index (χ3v) is 4.68. The van der Waals surface area contributed by atoms with E-state index in [-0.39, 0.29) is 23.8 Å². The second-order valence-corrected chi connectivity index (χ2v) is 7.04. The number of benzene rings is 1. The van der Waals surface area contributed by atoms with Crippen LogP contribution < -0.4 is 16.2 Å². The van der Waals surface area contributed by atoms with Crippen LogP contribution in [-0.2, 0) is 14.8 Å². The van der Waals surface area contributed by atoms with E-state index in [1.807, 2.05) is 0 Å². The zero-order valence-electron chi connectivity index (χ0n) is 11.6. The summed E-state index contributed by atoms with van der Waals surface area (Å²) in [5.74, 6) is -1.35. The van der Waals surface area contributed by atoms with Crippen molar-refractivity contribution in [3.8, 4) is 0 Å². The van der Waals surface area contributed by atoms with Gasteiger partial charge in [-0.05, 0) is 37.1 Å². The summed E-state index contributed by atoms with van der Waals surface area (Å²) in [4.78, 5) is 14.9. The molecule has 0 bridgehead atoms. The van der Waals surface area contributed by atoms with Gasteiger partial charge in [-0.15, -0.1) is 0 Å². The molecule has 0 saturated carbocycles. The van der Waals surface area contributed by atoms with Crippen molar-refractivity contribution >= 4 is 37.9 Å². The zero-order chi connectivity index (χ0) is 16.8. The predicted octanol–water partition coefficient (Wildman–Crippen LogP) is 0.234. The Kier molecular flexibility index (Phi) is 6.78. The van der Waals surface area contributed by atoms with Gasteiger partial charge in [0, 0.05) is 11.0 Å².